The molecule has 0 aromatic rings. The Morgan fingerprint density at radius 2 is 2.38 bits per heavy atom. The molecule has 0 heterocycles. The lowest BCUT2D eigenvalue weighted by molar-refractivity contribution is -0.148. The molecule has 0 saturated heterocycles. The van der Waals surface area contributed by atoms with Crippen LogP contribution in [0.3, 0.4) is 0 Å². The normalized spacial score (nSPS) is 14.2. The van der Waals surface area contributed by atoms with Gasteiger partial charge in [0.1, 0.15) is 6.35 Å². The maximum atomic E-state index is 10.0. The van der Waals surface area contributed by atoms with Crippen molar-refractivity contribution in [2.24, 2.45) is 0 Å². The first-order valence-corrected chi connectivity index (χ1v) is 2.98. The molecule has 5 heteroatoms. The van der Waals surface area contributed by atoms with Crippen molar-refractivity contribution in [1.82, 2.24) is 0 Å². The Hall–Kier alpha value is -0.0200. The van der Waals surface area contributed by atoms with Crippen LogP contribution in [0.4, 0.5) is 0 Å². The van der Waals surface area contributed by atoms with Gasteiger partial charge in [-0.25, -0.2) is 0 Å². The highest BCUT2D eigenvalue weighted by molar-refractivity contribution is 7.23. The Labute approximate surface area is 48.3 Å². The highest BCUT2D eigenvalue weighted by Crippen LogP contribution is 1.94. The van der Waals surface area contributed by atoms with Crippen LogP contribution in [0.15, 0.2) is 0 Å². The minimum absolute atomic E-state index is 0.144. The Morgan fingerprint density at radius 1 is 1.75 bits per heavy atom. The fourth-order valence-corrected chi connectivity index (χ4v) is 0.393. The van der Waals surface area contributed by atoms with E-state index in [0.717, 1.165) is 0 Å². The van der Waals surface area contributed by atoms with Crippen LogP contribution in [0.1, 0.15) is 0 Å². The second-order valence-electron chi connectivity index (χ2n) is 1.04. The van der Waals surface area contributed by atoms with E-state index in [-0.39, 0.29) is 14.8 Å². The smallest absolute Gasteiger partial charge is 0.215 e. The van der Waals surface area contributed by atoms with Gasteiger partial charge in [0.2, 0.25) is 6.29 Å². The van der Waals surface area contributed by atoms with E-state index < -0.39 is 12.9 Å². The molecule has 4 nitrogen and oxygen atoms in total. The van der Waals surface area contributed by atoms with Crippen molar-refractivity contribution < 1.29 is 19.5 Å². The molecule has 0 amide bonds. The number of ether oxygens (including phenoxy) is 1. The molecule has 0 aliphatic carbocycles. The van der Waals surface area contributed by atoms with E-state index in [0.29, 0.717) is 0 Å². The van der Waals surface area contributed by atoms with E-state index in [4.69, 9.17) is 5.11 Å². The van der Waals surface area contributed by atoms with Gasteiger partial charge in [-0.2, -0.15) is 5.11 Å². The van der Waals surface area contributed by atoms with Gasteiger partial charge in [0.25, 0.3) is 0 Å². The molecule has 0 aromatic carbocycles. The van der Waals surface area contributed by atoms with Gasteiger partial charge in [0.05, 0.1) is 6.61 Å². The second kappa shape index (κ2) is 5.12. The molecule has 0 saturated carbocycles. The average molecular weight is 137 g/mol. The first-order valence-electron chi connectivity index (χ1n) is 1.98. The third-order valence-electron chi connectivity index (χ3n) is 0.462. The van der Waals surface area contributed by atoms with Crippen LogP contribution in [0.5, 0.6) is 0 Å². The molecule has 0 spiro atoms. The molecule has 1 unspecified atom stereocenters. The molecule has 0 fully saturated rings. The van der Waals surface area contributed by atoms with Crippen LogP contribution in [-0.4, -0.2) is 24.4 Å². The van der Waals surface area contributed by atoms with Crippen LogP contribution in [0.25, 0.3) is 0 Å². The zero-order chi connectivity index (χ0) is 6.41. The molecule has 0 aliphatic rings. The summed E-state index contributed by atoms with van der Waals surface area (Å²) in [6.07, 6.45) is -1.59. The average Bonchev–Trinajstić information content (AvgIpc) is 1.83. The van der Waals surface area contributed by atoms with Crippen LogP contribution in [0.2, 0.25) is 0 Å². The van der Waals surface area contributed by atoms with E-state index in [2.05, 4.69) is 4.74 Å². The molecule has 0 aliphatic heterocycles. The highest BCUT2D eigenvalue weighted by atomic mass is 31.1. The summed E-state index contributed by atoms with van der Waals surface area (Å²) in [4.78, 5) is 0. The number of rotatable bonds is 4. The van der Waals surface area contributed by atoms with Crippen molar-refractivity contribution in [1.29, 1.82) is 0 Å². The minimum Gasteiger partial charge on any atom is -0.391 e. The van der Waals surface area contributed by atoms with Gasteiger partial charge in [0.15, 0.2) is 8.46 Å². The molecule has 0 aromatic heterocycles. The lowest BCUT2D eigenvalue weighted by Gasteiger charge is -1.99. The summed E-state index contributed by atoms with van der Waals surface area (Å²) in [7, 11) is -0.234. The van der Waals surface area contributed by atoms with Gasteiger partial charge in [0, 0.05) is 0 Å². The Morgan fingerprint density at radius 3 is 2.75 bits per heavy atom. The molecule has 8 heavy (non-hydrogen) atoms. The zero-order valence-corrected chi connectivity index (χ0v) is 5.01. The van der Waals surface area contributed by atoms with E-state index >= 15 is 0 Å². The third-order valence-corrected chi connectivity index (χ3v) is 0.717. The molecular weight excluding hydrogens is 131 g/mol. The molecule has 1 atom stereocenters. The Kier molecular flexibility index (Phi) is 5.11. The Bertz CT molecular complexity index is 66.3. The third kappa shape index (κ3) is 4.15. The van der Waals surface area contributed by atoms with Crippen LogP contribution in [0, 0.1) is 0 Å². The van der Waals surface area contributed by atoms with Gasteiger partial charge in [-0.05, 0) is 0 Å². The number of aliphatic hydroxyl groups excluding tert-OH is 1. The minimum atomic E-state index is -1.45. The van der Waals surface area contributed by atoms with Gasteiger partial charge >= 0.3 is 0 Å². The number of hydrogen-bond donors (Lipinski definition) is 1. The topological polar surface area (TPSA) is 66.4 Å². The van der Waals surface area contributed by atoms with Crippen molar-refractivity contribution in [3.63, 3.8) is 0 Å². The van der Waals surface area contributed by atoms with Crippen molar-refractivity contribution in [2.45, 2.75) is 6.29 Å². The molecule has 0 bridgehead atoms. The first kappa shape index (κ1) is 7.98. The van der Waals surface area contributed by atoms with Gasteiger partial charge in [-0.1, -0.05) is 0 Å². The van der Waals surface area contributed by atoms with Gasteiger partial charge < -0.3 is 9.84 Å². The van der Waals surface area contributed by atoms with Crippen LogP contribution >= 0.6 is 8.46 Å². The van der Waals surface area contributed by atoms with Crippen molar-refractivity contribution in [3.8, 4) is 0 Å². The predicted octanol–water partition coefficient (Wildman–Crippen LogP) is 0.00110. The maximum absolute atomic E-state index is 10.0. The quantitative estimate of drug-likeness (QED) is 0.438. The fraction of sp³-hybridized carbons (Fsp3) is 1.00. The monoisotopic (exact) mass is 137 g/mol. The van der Waals surface area contributed by atoms with Crippen molar-refractivity contribution >= 4 is 8.46 Å². The van der Waals surface area contributed by atoms with Crippen molar-refractivity contribution in [2.75, 3.05) is 13.0 Å². The second-order valence-corrected chi connectivity index (χ2v) is 1.55. The van der Waals surface area contributed by atoms with E-state index in [1.54, 1.807) is 0 Å². The summed E-state index contributed by atoms with van der Waals surface area (Å²) in [6.45, 7) is -0.574. The molecular formula is C3H6O4P. The van der Waals surface area contributed by atoms with Crippen LogP contribution in [-0.2, 0) is 14.4 Å². The lowest BCUT2D eigenvalue weighted by atomic mass is 10.7. The zero-order valence-electron chi connectivity index (χ0n) is 4.11. The first-order chi connectivity index (χ1) is 3.81. The summed E-state index contributed by atoms with van der Waals surface area (Å²) >= 11 is 0. The SMILES string of the molecule is [O]C(CO)OCP=O. The predicted molar refractivity (Wildman–Crippen MR) is 25.1 cm³/mol. The summed E-state index contributed by atoms with van der Waals surface area (Å²) in [6, 6.07) is 0. The highest BCUT2D eigenvalue weighted by Gasteiger charge is 2.00. The van der Waals surface area contributed by atoms with E-state index in [1.165, 1.54) is 0 Å². The number of aliphatic hydroxyl groups is 1. The molecule has 47 valence electrons. The van der Waals surface area contributed by atoms with E-state index in [9.17, 15) is 9.67 Å². The summed E-state index contributed by atoms with van der Waals surface area (Å²) in [5.41, 5.74) is 0. The summed E-state index contributed by atoms with van der Waals surface area (Å²) < 4.78 is 13.8. The molecule has 1 N–H and O–H groups in total. The van der Waals surface area contributed by atoms with Crippen LogP contribution < -0.4 is 0 Å². The maximum Gasteiger partial charge on any atom is 0.215 e. The standard InChI is InChI=1S/C3H6O4P/c4-1-3(5)7-2-8-6/h3-4H,1-2H2. The van der Waals surface area contributed by atoms with E-state index in [1.807, 2.05) is 0 Å². The molecule has 0 rings (SSSR count). The van der Waals surface area contributed by atoms with Gasteiger partial charge in [-0.15, -0.1) is 0 Å². The summed E-state index contributed by atoms with van der Waals surface area (Å²) in [5.74, 6) is 0. The van der Waals surface area contributed by atoms with Gasteiger partial charge in [-0.3, -0.25) is 4.57 Å². The Balaban J connectivity index is 2.97. The largest absolute Gasteiger partial charge is 0.391 e. The number of hydrogen-bond acceptors (Lipinski definition) is 3. The molecule has 1 radical (unpaired) electrons. The van der Waals surface area contributed by atoms with Crippen molar-refractivity contribution in [3.05, 3.63) is 0 Å². The summed E-state index contributed by atoms with van der Waals surface area (Å²) in [5, 5.41) is 18.1. The fourth-order valence-electron chi connectivity index (χ4n) is 0.166. The lowest BCUT2D eigenvalue weighted by Crippen LogP contribution is -2.13.